The third kappa shape index (κ3) is 1.61. The molecular weight excluding hydrogens is 208 g/mol. The molecular formula is C10H16N4S. The van der Waals surface area contributed by atoms with E-state index in [9.17, 15) is 0 Å². The molecule has 15 heavy (non-hydrogen) atoms. The van der Waals surface area contributed by atoms with Gasteiger partial charge in [0.25, 0.3) is 0 Å². The topological polar surface area (TPSA) is 38.5 Å². The lowest BCUT2D eigenvalue weighted by Crippen LogP contribution is -2.07. The summed E-state index contributed by atoms with van der Waals surface area (Å²) >= 11 is 5.31. The second kappa shape index (κ2) is 3.48. The van der Waals surface area contributed by atoms with E-state index in [2.05, 4.69) is 28.5 Å². The maximum atomic E-state index is 5.31. The zero-order chi connectivity index (χ0) is 11.2. The Morgan fingerprint density at radius 2 is 2.13 bits per heavy atom. The summed E-state index contributed by atoms with van der Waals surface area (Å²) in [6, 6.07) is 0. The Morgan fingerprint density at radius 3 is 2.73 bits per heavy atom. The molecule has 0 amide bonds. The number of hydrogen-bond acceptors (Lipinski definition) is 2. The van der Waals surface area contributed by atoms with E-state index in [4.69, 9.17) is 12.2 Å². The van der Waals surface area contributed by atoms with Crippen molar-refractivity contribution in [2.45, 2.75) is 27.3 Å². The first kappa shape index (κ1) is 10.4. The Labute approximate surface area is 93.9 Å². The molecule has 0 spiro atoms. The molecule has 0 aliphatic heterocycles. The van der Waals surface area contributed by atoms with Crippen LogP contribution in [0.5, 0.6) is 0 Å². The van der Waals surface area contributed by atoms with Crippen molar-refractivity contribution in [3.63, 3.8) is 0 Å². The van der Waals surface area contributed by atoms with Crippen LogP contribution in [-0.4, -0.2) is 19.3 Å². The molecule has 0 saturated carbocycles. The number of hydrogen-bond donors (Lipinski definition) is 1. The standard InChI is InChI=1S/C10H16N4S/c1-6(2)5-14-9-8(11-10(14)15)7(3)12-13(9)4/h6H,5H2,1-4H3,(H,11,15). The first-order valence-electron chi connectivity index (χ1n) is 5.12. The van der Waals surface area contributed by atoms with Crippen molar-refractivity contribution in [1.29, 1.82) is 0 Å². The van der Waals surface area contributed by atoms with Crippen LogP contribution in [0.4, 0.5) is 0 Å². The highest BCUT2D eigenvalue weighted by Gasteiger charge is 2.12. The van der Waals surface area contributed by atoms with E-state index in [1.807, 2.05) is 18.7 Å². The van der Waals surface area contributed by atoms with Crippen molar-refractivity contribution in [2.24, 2.45) is 13.0 Å². The van der Waals surface area contributed by atoms with E-state index in [0.29, 0.717) is 5.92 Å². The number of H-pyrrole nitrogens is 1. The van der Waals surface area contributed by atoms with Crippen molar-refractivity contribution < 1.29 is 0 Å². The van der Waals surface area contributed by atoms with Crippen LogP contribution >= 0.6 is 12.2 Å². The quantitative estimate of drug-likeness (QED) is 0.795. The summed E-state index contributed by atoms with van der Waals surface area (Å²) in [6.07, 6.45) is 0. The number of nitrogens with one attached hydrogen (secondary N) is 1. The molecule has 2 aromatic heterocycles. The Balaban J connectivity index is 2.71. The molecule has 5 heteroatoms. The Bertz CT molecular complexity index is 544. The molecule has 0 saturated heterocycles. The fourth-order valence-electron chi connectivity index (χ4n) is 1.91. The minimum Gasteiger partial charge on any atom is -0.328 e. The molecule has 0 atom stereocenters. The molecule has 0 radical (unpaired) electrons. The SMILES string of the molecule is Cc1nn(C)c2c1[nH]c(=S)n2CC(C)C. The van der Waals surface area contributed by atoms with E-state index in [1.54, 1.807) is 0 Å². The Hall–Kier alpha value is -1.10. The minimum atomic E-state index is 0.575. The van der Waals surface area contributed by atoms with Gasteiger partial charge in [0.2, 0.25) is 0 Å². The summed E-state index contributed by atoms with van der Waals surface area (Å²) in [5.74, 6) is 0.575. The van der Waals surface area contributed by atoms with E-state index in [1.165, 1.54) is 0 Å². The van der Waals surface area contributed by atoms with Gasteiger partial charge >= 0.3 is 0 Å². The molecule has 2 aromatic rings. The number of aromatic nitrogens is 4. The van der Waals surface area contributed by atoms with Crippen LogP contribution < -0.4 is 0 Å². The predicted molar refractivity (Wildman–Crippen MR) is 63.5 cm³/mol. The van der Waals surface area contributed by atoms with Crippen molar-refractivity contribution >= 4 is 23.4 Å². The smallest absolute Gasteiger partial charge is 0.179 e. The van der Waals surface area contributed by atoms with Gasteiger partial charge in [0.1, 0.15) is 5.52 Å². The zero-order valence-electron chi connectivity index (χ0n) is 9.53. The minimum absolute atomic E-state index is 0.575. The highest BCUT2D eigenvalue weighted by Crippen LogP contribution is 2.17. The van der Waals surface area contributed by atoms with Crippen LogP contribution in [0.2, 0.25) is 0 Å². The molecule has 0 aliphatic carbocycles. The number of fused-ring (bicyclic) bond motifs is 1. The Morgan fingerprint density at radius 1 is 1.47 bits per heavy atom. The van der Waals surface area contributed by atoms with E-state index in [-0.39, 0.29) is 0 Å². The van der Waals surface area contributed by atoms with Crippen LogP contribution in [0.25, 0.3) is 11.2 Å². The number of nitrogens with zero attached hydrogens (tertiary/aromatic N) is 3. The lowest BCUT2D eigenvalue weighted by Gasteiger charge is -2.07. The van der Waals surface area contributed by atoms with Crippen LogP contribution in [-0.2, 0) is 13.6 Å². The van der Waals surface area contributed by atoms with Gasteiger partial charge in [0, 0.05) is 13.6 Å². The average Bonchev–Trinajstić information content (AvgIpc) is 2.55. The van der Waals surface area contributed by atoms with Crippen LogP contribution in [0.1, 0.15) is 19.5 Å². The first-order valence-corrected chi connectivity index (χ1v) is 5.53. The molecule has 2 rings (SSSR count). The van der Waals surface area contributed by atoms with Gasteiger partial charge < -0.3 is 9.55 Å². The highest BCUT2D eigenvalue weighted by atomic mass is 32.1. The van der Waals surface area contributed by atoms with Gasteiger partial charge in [-0.3, -0.25) is 4.68 Å². The molecule has 1 N–H and O–H groups in total. The average molecular weight is 224 g/mol. The van der Waals surface area contributed by atoms with Crippen LogP contribution in [0, 0.1) is 17.6 Å². The van der Waals surface area contributed by atoms with Gasteiger partial charge in [-0.05, 0) is 25.1 Å². The van der Waals surface area contributed by atoms with Gasteiger partial charge in [-0.25, -0.2) is 0 Å². The van der Waals surface area contributed by atoms with Gasteiger partial charge in [-0.2, -0.15) is 5.10 Å². The molecule has 0 bridgehead atoms. The summed E-state index contributed by atoms with van der Waals surface area (Å²) in [5.41, 5.74) is 3.15. The van der Waals surface area contributed by atoms with Gasteiger partial charge in [0.15, 0.2) is 10.4 Å². The lowest BCUT2D eigenvalue weighted by atomic mass is 10.2. The molecule has 82 valence electrons. The van der Waals surface area contributed by atoms with E-state index in [0.717, 1.165) is 28.2 Å². The van der Waals surface area contributed by atoms with Crippen LogP contribution in [0.15, 0.2) is 0 Å². The third-order valence-corrected chi connectivity index (χ3v) is 2.79. The normalized spacial score (nSPS) is 11.8. The Kier molecular flexibility index (Phi) is 2.42. The summed E-state index contributed by atoms with van der Waals surface area (Å²) in [6.45, 7) is 7.29. The summed E-state index contributed by atoms with van der Waals surface area (Å²) in [7, 11) is 1.95. The lowest BCUT2D eigenvalue weighted by molar-refractivity contribution is 0.520. The van der Waals surface area contributed by atoms with Gasteiger partial charge in [-0.15, -0.1) is 0 Å². The van der Waals surface area contributed by atoms with Crippen molar-refractivity contribution in [3.05, 3.63) is 10.5 Å². The summed E-state index contributed by atoms with van der Waals surface area (Å²) in [4.78, 5) is 3.22. The molecule has 0 unspecified atom stereocenters. The van der Waals surface area contributed by atoms with Crippen molar-refractivity contribution in [3.8, 4) is 0 Å². The summed E-state index contributed by atoms with van der Waals surface area (Å²) in [5, 5.41) is 4.38. The van der Waals surface area contributed by atoms with Gasteiger partial charge in [0.05, 0.1) is 5.69 Å². The van der Waals surface area contributed by atoms with Crippen molar-refractivity contribution in [2.75, 3.05) is 0 Å². The molecule has 0 aliphatic rings. The maximum absolute atomic E-state index is 5.31. The fourth-order valence-corrected chi connectivity index (χ4v) is 2.17. The number of imidazole rings is 1. The second-order valence-electron chi connectivity index (χ2n) is 4.34. The molecule has 4 nitrogen and oxygen atoms in total. The maximum Gasteiger partial charge on any atom is 0.179 e. The highest BCUT2D eigenvalue weighted by molar-refractivity contribution is 7.71. The number of rotatable bonds is 2. The van der Waals surface area contributed by atoms with E-state index < -0.39 is 0 Å². The van der Waals surface area contributed by atoms with Crippen LogP contribution in [0.3, 0.4) is 0 Å². The first-order chi connectivity index (χ1) is 7.00. The number of aryl methyl sites for hydroxylation is 2. The zero-order valence-corrected chi connectivity index (χ0v) is 10.4. The molecule has 0 aromatic carbocycles. The second-order valence-corrected chi connectivity index (χ2v) is 4.73. The largest absolute Gasteiger partial charge is 0.328 e. The van der Waals surface area contributed by atoms with Crippen molar-refractivity contribution in [1.82, 2.24) is 19.3 Å². The van der Waals surface area contributed by atoms with Gasteiger partial charge in [-0.1, -0.05) is 13.8 Å². The summed E-state index contributed by atoms with van der Waals surface area (Å²) < 4.78 is 4.80. The molecule has 0 fully saturated rings. The third-order valence-electron chi connectivity index (χ3n) is 2.47. The number of aromatic amines is 1. The fraction of sp³-hybridized carbons (Fsp3) is 0.600. The molecule has 2 heterocycles. The predicted octanol–water partition coefficient (Wildman–Crippen LogP) is 2.40. The monoisotopic (exact) mass is 224 g/mol. The van der Waals surface area contributed by atoms with E-state index >= 15 is 0 Å².